The monoisotopic (exact) mass is 351 g/mol. The second-order valence-corrected chi connectivity index (χ2v) is 8.06. The minimum Gasteiger partial charge on any atom is -0.329 e. The maximum absolute atomic E-state index is 12.7. The molecule has 122 valence electrons. The Kier molecular flexibility index (Phi) is 5.02. The third kappa shape index (κ3) is 3.75. The van der Waals surface area contributed by atoms with Gasteiger partial charge in [0.05, 0.1) is 31.2 Å². The summed E-state index contributed by atoms with van der Waals surface area (Å²) in [6.07, 6.45) is 0. The molecule has 1 fully saturated rings. The van der Waals surface area contributed by atoms with E-state index in [0.29, 0.717) is 13.1 Å². The smallest absolute Gasteiger partial charge is 0.244 e. The number of benzene rings is 2. The lowest BCUT2D eigenvalue weighted by molar-refractivity contribution is -0.917. The second kappa shape index (κ2) is 7.01. The van der Waals surface area contributed by atoms with Gasteiger partial charge in [-0.1, -0.05) is 54.1 Å². The fourth-order valence-corrected chi connectivity index (χ4v) is 4.83. The van der Waals surface area contributed by atoms with Crippen molar-refractivity contribution in [3.63, 3.8) is 0 Å². The molecule has 6 heteroatoms. The van der Waals surface area contributed by atoms with Gasteiger partial charge in [0.2, 0.25) is 10.0 Å². The highest BCUT2D eigenvalue weighted by Gasteiger charge is 2.31. The van der Waals surface area contributed by atoms with E-state index < -0.39 is 10.0 Å². The predicted molar refractivity (Wildman–Crippen MR) is 91.1 cm³/mol. The second-order valence-electron chi connectivity index (χ2n) is 5.75. The van der Waals surface area contributed by atoms with E-state index in [2.05, 4.69) is 12.1 Å². The highest BCUT2D eigenvalue weighted by Crippen LogP contribution is 2.24. The number of halogens is 1. The van der Waals surface area contributed by atoms with Crippen LogP contribution in [-0.4, -0.2) is 38.9 Å². The molecule has 3 rings (SSSR count). The molecule has 23 heavy (non-hydrogen) atoms. The molecule has 0 unspecified atom stereocenters. The van der Waals surface area contributed by atoms with E-state index in [1.807, 2.05) is 18.2 Å². The molecule has 0 aliphatic carbocycles. The first-order valence-electron chi connectivity index (χ1n) is 7.69. The molecule has 1 aliphatic heterocycles. The lowest BCUT2D eigenvalue weighted by atomic mass is 10.2. The lowest BCUT2D eigenvalue weighted by Gasteiger charge is -2.31. The van der Waals surface area contributed by atoms with Gasteiger partial charge in [0.15, 0.2) is 0 Å². The van der Waals surface area contributed by atoms with Crippen LogP contribution in [0.25, 0.3) is 0 Å². The van der Waals surface area contributed by atoms with Crippen LogP contribution in [0.5, 0.6) is 0 Å². The van der Waals surface area contributed by atoms with Crippen molar-refractivity contribution in [2.45, 2.75) is 11.4 Å². The van der Waals surface area contributed by atoms with Crippen LogP contribution in [0.2, 0.25) is 5.02 Å². The van der Waals surface area contributed by atoms with Crippen molar-refractivity contribution in [1.82, 2.24) is 4.31 Å². The van der Waals surface area contributed by atoms with Crippen LogP contribution in [0.3, 0.4) is 0 Å². The Morgan fingerprint density at radius 2 is 1.57 bits per heavy atom. The molecule has 0 bridgehead atoms. The number of hydrogen-bond acceptors (Lipinski definition) is 2. The number of piperazine rings is 1. The zero-order valence-electron chi connectivity index (χ0n) is 12.8. The van der Waals surface area contributed by atoms with E-state index in [0.717, 1.165) is 19.6 Å². The highest BCUT2D eigenvalue weighted by atomic mass is 35.5. The quantitative estimate of drug-likeness (QED) is 0.905. The van der Waals surface area contributed by atoms with Crippen LogP contribution < -0.4 is 4.90 Å². The molecule has 1 heterocycles. The van der Waals surface area contributed by atoms with Gasteiger partial charge in [-0.2, -0.15) is 4.31 Å². The Balaban J connectivity index is 1.66. The van der Waals surface area contributed by atoms with E-state index in [1.165, 1.54) is 10.5 Å². The summed E-state index contributed by atoms with van der Waals surface area (Å²) >= 11 is 6.05. The van der Waals surface area contributed by atoms with Crippen molar-refractivity contribution < 1.29 is 13.3 Å². The van der Waals surface area contributed by atoms with Gasteiger partial charge in [-0.05, 0) is 12.1 Å². The Bertz CT molecular complexity index is 757. The van der Waals surface area contributed by atoms with Gasteiger partial charge in [-0.25, -0.2) is 8.42 Å². The standard InChI is InChI=1S/C17H19ClN2O2S/c18-16-8-4-5-9-17(16)23(21,22)20-12-10-19(11-13-20)14-15-6-2-1-3-7-15/h1-9H,10-14H2/p+1. The molecule has 0 saturated carbocycles. The first-order valence-corrected chi connectivity index (χ1v) is 9.51. The predicted octanol–water partition coefficient (Wildman–Crippen LogP) is 1.43. The first-order chi connectivity index (χ1) is 11.1. The molecule has 0 amide bonds. The zero-order valence-corrected chi connectivity index (χ0v) is 14.4. The highest BCUT2D eigenvalue weighted by molar-refractivity contribution is 7.89. The van der Waals surface area contributed by atoms with E-state index in [-0.39, 0.29) is 9.92 Å². The molecule has 4 nitrogen and oxygen atoms in total. The number of sulfonamides is 1. The van der Waals surface area contributed by atoms with Gasteiger partial charge >= 0.3 is 0 Å². The van der Waals surface area contributed by atoms with E-state index in [4.69, 9.17) is 11.6 Å². The molecule has 2 aromatic rings. The minimum atomic E-state index is -3.50. The van der Waals surface area contributed by atoms with Crippen molar-refractivity contribution >= 4 is 21.6 Å². The van der Waals surface area contributed by atoms with Crippen LogP contribution in [0, 0.1) is 0 Å². The average molecular weight is 352 g/mol. The molecule has 0 radical (unpaired) electrons. The van der Waals surface area contributed by atoms with Crippen molar-refractivity contribution in [2.24, 2.45) is 0 Å². The lowest BCUT2D eigenvalue weighted by Crippen LogP contribution is -3.13. The molecular weight excluding hydrogens is 332 g/mol. The SMILES string of the molecule is O=S(=O)(c1ccccc1Cl)N1CC[NH+](Cc2ccccc2)CC1. The summed E-state index contributed by atoms with van der Waals surface area (Å²) in [7, 11) is -3.50. The minimum absolute atomic E-state index is 0.202. The Morgan fingerprint density at radius 1 is 0.957 bits per heavy atom. The number of hydrogen-bond donors (Lipinski definition) is 1. The fourth-order valence-electron chi connectivity index (χ4n) is 2.90. The number of nitrogens with zero attached hydrogens (tertiary/aromatic N) is 1. The van der Waals surface area contributed by atoms with Gasteiger partial charge in [0, 0.05) is 5.56 Å². The van der Waals surface area contributed by atoms with E-state index in [9.17, 15) is 8.42 Å². The van der Waals surface area contributed by atoms with Crippen molar-refractivity contribution in [3.05, 3.63) is 65.2 Å². The van der Waals surface area contributed by atoms with Crippen molar-refractivity contribution in [3.8, 4) is 0 Å². The van der Waals surface area contributed by atoms with Crippen LogP contribution in [-0.2, 0) is 16.6 Å². The van der Waals surface area contributed by atoms with Gasteiger partial charge in [-0.3, -0.25) is 0 Å². The molecule has 0 spiro atoms. The van der Waals surface area contributed by atoms with Crippen LogP contribution in [0.1, 0.15) is 5.56 Å². The molecule has 0 aromatic heterocycles. The fraction of sp³-hybridized carbons (Fsp3) is 0.294. The normalized spacial score (nSPS) is 17.3. The Hall–Kier alpha value is -1.40. The summed E-state index contributed by atoms with van der Waals surface area (Å²) in [6, 6.07) is 16.9. The summed E-state index contributed by atoms with van der Waals surface area (Å²) in [4.78, 5) is 1.61. The topological polar surface area (TPSA) is 41.8 Å². The molecule has 0 atom stereocenters. The average Bonchev–Trinajstić information content (AvgIpc) is 2.56. The molecular formula is C17H20ClN2O2S+. The van der Waals surface area contributed by atoms with Gasteiger partial charge in [0.1, 0.15) is 11.4 Å². The van der Waals surface area contributed by atoms with Crippen molar-refractivity contribution in [2.75, 3.05) is 26.2 Å². The summed E-state index contributed by atoms with van der Waals surface area (Å²) in [5.74, 6) is 0. The summed E-state index contributed by atoms with van der Waals surface area (Å²) in [6.45, 7) is 3.59. The van der Waals surface area contributed by atoms with Crippen LogP contribution >= 0.6 is 11.6 Å². The molecule has 1 N–H and O–H groups in total. The molecule has 1 saturated heterocycles. The zero-order chi connectivity index (χ0) is 16.3. The summed E-state index contributed by atoms with van der Waals surface area (Å²) in [5.41, 5.74) is 1.28. The third-order valence-corrected chi connectivity index (χ3v) is 6.58. The van der Waals surface area contributed by atoms with E-state index >= 15 is 0 Å². The third-order valence-electron chi connectivity index (χ3n) is 4.18. The van der Waals surface area contributed by atoms with Gasteiger partial charge in [0.25, 0.3) is 0 Å². The van der Waals surface area contributed by atoms with Crippen LogP contribution in [0.4, 0.5) is 0 Å². The maximum atomic E-state index is 12.7. The van der Waals surface area contributed by atoms with Crippen molar-refractivity contribution in [1.29, 1.82) is 0 Å². The molecule has 2 aromatic carbocycles. The van der Waals surface area contributed by atoms with E-state index in [1.54, 1.807) is 28.6 Å². The number of nitrogens with one attached hydrogen (secondary N) is 1. The van der Waals surface area contributed by atoms with Crippen LogP contribution in [0.15, 0.2) is 59.5 Å². The Morgan fingerprint density at radius 3 is 2.22 bits per heavy atom. The number of quaternary nitrogens is 1. The van der Waals surface area contributed by atoms with Gasteiger partial charge in [-0.15, -0.1) is 0 Å². The van der Waals surface area contributed by atoms with Gasteiger partial charge < -0.3 is 4.90 Å². The largest absolute Gasteiger partial charge is 0.329 e. The maximum Gasteiger partial charge on any atom is 0.244 e. The molecule has 1 aliphatic rings. The number of rotatable bonds is 4. The summed E-state index contributed by atoms with van der Waals surface area (Å²) < 4.78 is 27.0. The summed E-state index contributed by atoms with van der Waals surface area (Å²) in [5, 5.41) is 0.284. The Labute approximate surface area is 142 Å². The first kappa shape index (κ1) is 16.5.